The molecule has 0 N–H and O–H groups in total. The van der Waals surface area contributed by atoms with Gasteiger partial charge in [0.25, 0.3) is 5.56 Å². The molecule has 0 spiro atoms. The Morgan fingerprint density at radius 1 is 1.00 bits per heavy atom. The number of amides is 1. The molecule has 1 aromatic rings. The summed E-state index contributed by atoms with van der Waals surface area (Å²) >= 11 is 0. The summed E-state index contributed by atoms with van der Waals surface area (Å²) in [5, 5.41) is 0. The van der Waals surface area contributed by atoms with Crippen LogP contribution in [-0.4, -0.2) is 46.2 Å². The fraction of sp³-hybridized carbons (Fsp3) is 0.737. The normalized spacial score (nSPS) is 21.0. The van der Waals surface area contributed by atoms with E-state index >= 15 is 0 Å². The molecule has 1 aromatic heterocycles. The molecule has 3 aliphatic rings. The minimum atomic E-state index is -0.288. The largest absolute Gasteiger partial charge is 0.378 e. The quantitative estimate of drug-likeness (QED) is 0.801. The Bertz CT molecular complexity index is 798. The van der Waals surface area contributed by atoms with Crippen LogP contribution in [0.3, 0.4) is 0 Å². The highest BCUT2D eigenvalue weighted by atomic mass is 16.5. The molecule has 1 aliphatic heterocycles. The second-order valence-electron chi connectivity index (χ2n) is 7.61. The second-order valence-corrected chi connectivity index (χ2v) is 7.61. The van der Waals surface area contributed by atoms with Crippen molar-refractivity contribution in [2.24, 2.45) is 0 Å². The monoisotopic (exact) mass is 361 g/mol. The van der Waals surface area contributed by atoms with E-state index in [9.17, 15) is 14.4 Å². The van der Waals surface area contributed by atoms with Gasteiger partial charge < -0.3 is 9.64 Å². The molecular formula is C19H27N3O4. The number of ether oxygens (including phenoxy) is 1. The van der Waals surface area contributed by atoms with Gasteiger partial charge in [0.1, 0.15) is 6.54 Å². The predicted molar refractivity (Wildman–Crippen MR) is 96.5 cm³/mol. The highest BCUT2D eigenvalue weighted by Crippen LogP contribution is 2.27. The van der Waals surface area contributed by atoms with Crippen molar-refractivity contribution in [3.63, 3.8) is 0 Å². The average molecular weight is 361 g/mol. The minimum Gasteiger partial charge on any atom is -0.378 e. The van der Waals surface area contributed by atoms with Crippen LogP contribution < -0.4 is 11.2 Å². The molecule has 7 nitrogen and oxygen atoms in total. The lowest BCUT2D eigenvalue weighted by molar-refractivity contribution is -0.136. The van der Waals surface area contributed by atoms with Gasteiger partial charge in [0.05, 0.1) is 13.2 Å². The average Bonchev–Trinajstić information content (AvgIpc) is 3.17. The van der Waals surface area contributed by atoms with Gasteiger partial charge in [-0.3, -0.25) is 18.7 Å². The first-order valence-electron chi connectivity index (χ1n) is 9.89. The Morgan fingerprint density at radius 3 is 2.46 bits per heavy atom. The predicted octanol–water partition coefficient (Wildman–Crippen LogP) is 0.863. The summed E-state index contributed by atoms with van der Waals surface area (Å²) in [5.41, 5.74) is 1.15. The summed E-state index contributed by atoms with van der Waals surface area (Å²) in [6.07, 6.45) is 7.34. The van der Waals surface area contributed by atoms with E-state index in [1.165, 1.54) is 11.0 Å². The van der Waals surface area contributed by atoms with Gasteiger partial charge in [0.15, 0.2) is 0 Å². The molecule has 4 rings (SSSR count). The number of morpholine rings is 1. The van der Waals surface area contributed by atoms with Gasteiger partial charge in [0.2, 0.25) is 5.91 Å². The molecule has 0 atom stereocenters. The first-order chi connectivity index (χ1) is 12.7. The third-order valence-electron chi connectivity index (χ3n) is 6.03. The summed E-state index contributed by atoms with van der Waals surface area (Å²) in [4.78, 5) is 40.6. The lowest BCUT2D eigenvalue weighted by Crippen LogP contribution is -2.48. The SMILES string of the molecule is O=C(Cn1c2c(c(=O)n(C3CCCCC3)c1=O)CCC2)N1CCOCC1. The Labute approximate surface area is 152 Å². The topological polar surface area (TPSA) is 73.5 Å². The summed E-state index contributed by atoms with van der Waals surface area (Å²) in [7, 11) is 0. The lowest BCUT2D eigenvalue weighted by Gasteiger charge is -2.28. The first-order valence-corrected chi connectivity index (χ1v) is 9.89. The van der Waals surface area contributed by atoms with Crippen molar-refractivity contribution in [1.82, 2.24) is 14.0 Å². The van der Waals surface area contributed by atoms with E-state index in [0.29, 0.717) is 39.1 Å². The Morgan fingerprint density at radius 2 is 1.73 bits per heavy atom. The van der Waals surface area contributed by atoms with Crippen molar-refractivity contribution in [3.05, 3.63) is 32.1 Å². The molecule has 7 heteroatoms. The maximum atomic E-state index is 13.2. The van der Waals surface area contributed by atoms with Gasteiger partial charge in [0, 0.05) is 30.4 Å². The Balaban J connectivity index is 1.71. The van der Waals surface area contributed by atoms with Gasteiger partial charge in [-0.1, -0.05) is 19.3 Å². The smallest absolute Gasteiger partial charge is 0.331 e. The molecular weight excluding hydrogens is 334 g/mol. The number of hydrogen-bond acceptors (Lipinski definition) is 4. The number of nitrogens with zero attached hydrogens (tertiary/aromatic N) is 3. The van der Waals surface area contributed by atoms with Crippen molar-refractivity contribution in [2.45, 2.75) is 64.0 Å². The number of hydrogen-bond donors (Lipinski definition) is 0. The van der Waals surface area contributed by atoms with Crippen LogP contribution in [0.4, 0.5) is 0 Å². The third-order valence-corrected chi connectivity index (χ3v) is 6.03. The van der Waals surface area contributed by atoms with Crippen LogP contribution >= 0.6 is 0 Å². The van der Waals surface area contributed by atoms with Crippen molar-refractivity contribution >= 4 is 5.91 Å². The maximum absolute atomic E-state index is 13.2. The molecule has 2 aliphatic carbocycles. The highest BCUT2D eigenvalue weighted by molar-refractivity contribution is 5.76. The maximum Gasteiger partial charge on any atom is 0.331 e. The van der Waals surface area contributed by atoms with Gasteiger partial charge in [-0.15, -0.1) is 0 Å². The molecule has 142 valence electrons. The van der Waals surface area contributed by atoms with Gasteiger partial charge >= 0.3 is 5.69 Å². The van der Waals surface area contributed by atoms with Crippen molar-refractivity contribution in [3.8, 4) is 0 Å². The fourth-order valence-electron chi connectivity index (χ4n) is 4.61. The van der Waals surface area contributed by atoms with E-state index in [4.69, 9.17) is 4.74 Å². The van der Waals surface area contributed by atoms with Crippen LogP contribution in [0.1, 0.15) is 55.8 Å². The molecule has 0 radical (unpaired) electrons. The summed E-state index contributed by atoms with van der Waals surface area (Å²) in [5.74, 6) is -0.0571. The van der Waals surface area contributed by atoms with E-state index in [-0.39, 0.29) is 29.7 Å². The van der Waals surface area contributed by atoms with Crippen molar-refractivity contribution in [1.29, 1.82) is 0 Å². The second kappa shape index (κ2) is 7.39. The summed E-state index contributed by atoms with van der Waals surface area (Å²) < 4.78 is 8.37. The van der Waals surface area contributed by atoms with E-state index in [1.54, 1.807) is 9.47 Å². The van der Waals surface area contributed by atoms with E-state index < -0.39 is 0 Å². The zero-order chi connectivity index (χ0) is 18.1. The number of carbonyl (C=O) groups is 1. The van der Waals surface area contributed by atoms with Crippen LogP contribution in [0, 0.1) is 0 Å². The van der Waals surface area contributed by atoms with E-state index in [2.05, 4.69) is 0 Å². The zero-order valence-corrected chi connectivity index (χ0v) is 15.2. The molecule has 0 unspecified atom stereocenters. The van der Waals surface area contributed by atoms with E-state index in [1.807, 2.05) is 0 Å². The first kappa shape index (κ1) is 17.5. The minimum absolute atomic E-state index is 0.0145. The third kappa shape index (κ3) is 3.13. The van der Waals surface area contributed by atoms with Crippen LogP contribution in [0.15, 0.2) is 9.59 Å². The fourth-order valence-corrected chi connectivity index (χ4v) is 4.61. The van der Waals surface area contributed by atoms with Crippen molar-refractivity contribution in [2.75, 3.05) is 26.3 Å². The molecule has 0 bridgehead atoms. The Kier molecular flexibility index (Phi) is 4.98. The highest BCUT2D eigenvalue weighted by Gasteiger charge is 2.28. The summed E-state index contributed by atoms with van der Waals surface area (Å²) in [6, 6.07) is -0.0145. The number of rotatable bonds is 3. The number of fused-ring (bicyclic) bond motifs is 1. The number of carbonyl (C=O) groups excluding carboxylic acids is 1. The Hall–Kier alpha value is -1.89. The van der Waals surface area contributed by atoms with Crippen LogP contribution in [0.25, 0.3) is 0 Å². The molecule has 2 fully saturated rings. The van der Waals surface area contributed by atoms with Gasteiger partial charge in [-0.05, 0) is 32.1 Å². The van der Waals surface area contributed by atoms with Crippen LogP contribution in [0.2, 0.25) is 0 Å². The summed E-state index contributed by atoms with van der Waals surface area (Å²) in [6.45, 7) is 2.25. The zero-order valence-electron chi connectivity index (χ0n) is 15.2. The van der Waals surface area contributed by atoms with Crippen LogP contribution in [0.5, 0.6) is 0 Å². The lowest BCUT2D eigenvalue weighted by atomic mass is 9.95. The van der Waals surface area contributed by atoms with Crippen molar-refractivity contribution < 1.29 is 9.53 Å². The molecule has 1 amide bonds. The van der Waals surface area contributed by atoms with Gasteiger partial charge in [-0.2, -0.15) is 0 Å². The standard InChI is InChI=1S/C19H27N3O4/c23-17(20-9-11-26-12-10-20)13-21-16-8-4-7-15(16)18(24)22(19(21)25)14-5-2-1-3-6-14/h14H,1-13H2. The van der Waals surface area contributed by atoms with Gasteiger partial charge in [-0.25, -0.2) is 4.79 Å². The number of aromatic nitrogens is 2. The molecule has 1 saturated heterocycles. The van der Waals surface area contributed by atoms with Crippen LogP contribution in [-0.2, 0) is 28.9 Å². The molecule has 0 aromatic carbocycles. The molecule has 26 heavy (non-hydrogen) atoms. The van der Waals surface area contributed by atoms with E-state index in [0.717, 1.165) is 43.4 Å². The molecule has 2 heterocycles. The molecule has 1 saturated carbocycles.